The molecule has 0 N–H and O–H groups in total. The standard InChI is InChI=1S/C21H45NO7SSi/c1-19(28-15-14-27-13-12-26-11-10-25-5)20(18-29-31(6,7)21(2,3)4)22-8-16-30(23,24)17-9-22/h19-20H,8-18H2,1-7H3/t19-,20-/m1/s1. The minimum Gasteiger partial charge on any atom is -0.415 e. The van der Waals surface area contributed by atoms with Crippen LogP contribution in [0.5, 0.6) is 0 Å². The van der Waals surface area contributed by atoms with E-state index in [9.17, 15) is 8.42 Å². The van der Waals surface area contributed by atoms with Crippen LogP contribution in [0.25, 0.3) is 0 Å². The molecule has 1 aliphatic rings. The second-order valence-electron chi connectivity index (χ2n) is 9.62. The van der Waals surface area contributed by atoms with E-state index in [0.29, 0.717) is 59.3 Å². The highest BCUT2D eigenvalue weighted by molar-refractivity contribution is 7.91. The summed E-state index contributed by atoms with van der Waals surface area (Å²) in [7, 11) is -3.20. The van der Waals surface area contributed by atoms with Crippen molar-refractivity contribution in [1.82, 2.24) is 4.90 Å². The molecule has 31 heavy (non-hydrogen) atoms. The molecule has 0 radical (unpaired) electrons. The molecule has 0 amide bonds. The lowest BCUT2D eigenvalue weighted by Gasteiger charge is -2.42. The monoisotopic (exact) mass is 483 g/mol. The van der Waals surface area contributed by atoms with Crippen LogP contribution in [-0.4, -0.2) is 112 Å². The molecule has 0 bridgehead atoms. The smallest absolute Gasteiger partial charge is 0.192 e. The molecule has 1 rings (SSSR count). The van der Waals surface area contributed by atoms with E-state index in [1.807, 2.05) is 6.92 Å². The number of nitrogens with zero attached hydrogens (tertiary/aromatic N) is 1. The molecule has 0 unspecified atom stereocenters. The Bertz CT molecular complexity index is 581. The van der Waals surface area contributed by atoms with E-state index >= 15 is 0 Å². The third kappa shape index (κ3) is 11.1. The van der Waals surface area contributed by atoms with Gasteiger partial charge < -0.3 is 23.4 Å². The molecular formula is C21H45NO7SSi. The van der Waals surface area contributed by atoms with Crippen molar-refractivity contribution < 1.29 is 31.8 Å². The predicted molar refractivity (Wildman–Crippen MR) is 126 cm³/mol. The van der Waals surface area contributed by atoms with E-state index in [4.69, 9.17) is 23.4 Å². The van der Waals surface area contributed by atoms with Gasteiger partial charge in [0.05, 0.1) is 69.9 Å². The van der Waals surface area contributed by atoms with Gasteiger partial charge in [-0.05, 0) is 25.1 Å². The van der Waals surface area contributed by atoms with Crippen molar-refractivity contribution in [1.29, 1.82) is 0 Å². The van der Waals surface area contributed by atoms with Gasteiger partial charge in [-0.2, -0.15) is 0 Å². The van der Waals surface area contributed by atoms with Crippen LogP contribution in [0.3, 0.4) is 0 Å². The van der Waals surface area contributed by atoms with Gasteiger partial charge >= 0.3 is 0 Å². The first-order valence-electron chi connectivity index (χ1n) is 11.2. The minimum absolute atomic E-state index is 0.0157. The van der Waals surface area contributed by atoms with Crippen molar-refractivity contribution in [2.75, 3.05) is 78.0 Å². The highest BCUT2D eigenvalue weighted by atomic mass is 32.2. The van der Waals surface area contributed by atoms with Crippen LogP contribution in [0, 0.1) is 0 Å². The fourth-order valence-corrected chi connectivity index (χ4v) is 5.22. The van der Waals surface area contributed by atoms with Crippen molar-refractivity contribution >= 4 is 18.2 Å². The number of ether oxygens (including phenoxy) is 4. The molecular weight excluding hydrogens is 438 g/mol. The molecule has 1 aliphatic heterocycles. The normalized spacial score (nSPS) is 20.0. The first kappa shape index (κ1) is 29.0. The van der Waals surface area contributed by atoms with Gasteiger partial charge in [0, 0.05) is 20.2 Å². The third-order valence-electron chi connectivity index (χ3n) is 6.22. The summed E-state index contributed by atoms with van der Waals surface area (Å²) in [4.78, 5) is 2.21. The van der Waals surface area contributed by atoms with Gasteiger partial charge in [0.1, 0.15) is 0 Å². The number of sulfone groups is 1. The lowest BCUT2D eigenvalue weighted by molar-refractivity contribution is -0.0473. The van der Waals surface area contributed by atoms with Gasteiger partial charge in [-0.3, -0.25) is 4.90 Å². The molecule has 0 spiro atoms. The van der Waals surface area contributed by atoms with E-state index in [0.717, 1.165) is 0 Å². The number of hydrogen-bond acceptors (Lipinski definition) is 8. The zero-order valence-corrected chi connectivity index (χ0v) is 22.5. The molecule has 10 heteroatoms. The molecule has 0 aliphatic carbocycles. The van der Waals surface area contributed by atoms with Crippen molar-refractivity contribution in [2.45, 2.75) is 58.0 Å². The Morgan fingerprint density at radius 3 is 1.97 bits per heavy atom. The van der Waals surface area contributed by atoms with Crippen LogP contribution in [0.15, 0.2) is 0 Å². The van der Waals surface area contributed by atoms with E-state index in [1.165, 1.54) is 0 Å². The van der Waals surface area contributed by atoms with Crippen molar-refractivity contribution in [3.63, 3.8) is 0 Å². The summed E-state index contributed by atoms with van der Waals surface area (Å²) in [5.41, 5.74) is 0. The highest BCUT2D eigenvalue weighted by Crippen LogP contribution is 2.36. The zero-order valence-electron chi connectivity index (χ0n) is 20.6. The Labute approximate surface area is 190 Å². The lowest BCUT2D eigenvalue weighted by atomic mass is 10.1. The molecule has 186 valence electrons. The number of methoxy groups -OCH3 is 1. The Morgan fingerprint density at radius 2 is 1.45 bits per heavy atom. The maximum atomic E-state index is 11.9. The number of hydrogen-bond donors (Lipinski definition) is 0. The summed E-state index contributed by atoms with van der Waals surface area (Å²) in [6.45, 7) is 17.9. The van der Waals surface area contributed by atoms with Crippen molar-refractivity contribution in [2.24, 2.45) is 0 Å². The van der Waals surface area contributed by atoms with Gasteiger partial charge in [-0.25, -0.2) is 8.42 Å². The van der Waals surface area contributed by atoms with Crippen LogP contribution in [0.2, 0.25) is 18.1 Å². The highest BCUT2D eigenvalue weighted by Gasteiger charge is 2.39. The topological polar surface area (TPSA) is 83.5 Å². The average molecular weight is 484 g/mol. The van der Waals surface area contributed by atoms with E-state index in [1.54, 1.807) is 7.11 Å². The Balaban J connectivity index is 2.53. The van der Waals surface area contributed by atoms with E-state index in [-0.39, 0.29) is 28.7 Å². The summed E-state index contributed by atoms with van der Waals surface area (Å²) >= 11 is 0. The molecule has 0 aromatic rings. The molecule has 8 nitrogen and oxygen atoms in total. The lowest BCUT2D eigenvalue weighted by Crippen LogP contribution is -2.54. The van der Waals surface area contributed by atoms with Crippen LogP contribution < -0.4 is 0 Å². The van der Waals surface area contributed by atoms with Crippen LogP contribution in [0.4, 0.5) is 0 Å². The zero-order chi connectivity index (χ0) is 23.5. The summed E-state index contributed by atoms with van der Waals surface area (Å²) in [6, 6.07) is 0.0157. The van der Waals surface area contributed by atoms with Gasteiger partial charge in [-0.1, -0.05) is 20.8 Å². The summed E-state index contributed by atoms with van der Waals surface area (Å²) in [5.74, 6) is 0.394. The molecule has 0 aromatic carbocycles. The molecule has 1 heterocycles. The minimum atomic E-state index is -2.93. The summed E-state index contributed by atoms with van der Waals surface area (Å²) in [6.07, 6.45) is -0.0906. The molecule has 1 fully saturated rings. The Kier molecular flexibility index (Phi) is 12.7. The maximum Gasteiger partial charge on any atom is 0.192 e. The maximum absolute atomic E-state index is 11.9. The third-order valence-corrected chi connectivity index (χ3v) is 12.3. The fourth-order valence-electron chi connectivity index (χ4n) is 2.97. The summed E-state index contributed by atoms with van der Waals surface area (Å²) < 4.78 is 52.2. The first-order valence-corrected chi connectivity index (χ1v) is 16.0. The number of rotatable bonds is 15. The molecule has 2 atom stereocenters. The molecule has 1 saturated heterocycles. The van der Waals surface area contributed by atoms with Gasteiger partial charge in [0.25, 0.3) is 0 Å². The second kappa shape index (κ2) is 13.6. The fraction of sp³-hybridized carbons (Fsp3) is 1.00. The van der Waals surface area contributed by atoms with Gasteiger partial charge in [0.15, 0.2) is 18.2 Å². The van der Waals surface area contributed by atoms with Gasteiger partial charge in [0.2, 0.25) is 0 Å². The quantitative estimate of drug-likeness (QED) is 0.259. The van der Waals surface area contributed by atoms with Crippen LogP contribution >= 0.6 is 0 Å². The Hall–Kier alpha value is -0.0731. The largest absolute Gasteiger partial charge is 0.415 e. The Morgan fingerprint density at radius 1 is 0.935 bits per heavy atom. The van der Waals surface area contributed by atoms with Crippen molar-refractivity contribution in [3.8, 4) is 0 Å². The SMILES string of the molecule is COCCOCCOCCO[C@H](C)[C@@H](CO[Si](C)(C)C(C)(C)C)N1CCS(=O)(=O)CC1. The van der Waals surface area contributed by atoms with Crippen LogP contribution in [0.1, 0.15) is 27.7 Å². The van der Waals surface area contributed by atoms with E-state index < -0.39 is 18.2 Å². The molecule has 0 saturated carbocycles. The van der Waals surface area contributed by atoms with E-state index in [2.05, 4.69) is 38.8 Å². The predicted octanol–water partition coefficient (Wildman–Crippen LogP) is 2.19. The first-order chi connectivity index (χ1) is 14.4. The second-order valence-corrected chi connectivity index (χ2v) is 16.7. The average Bonchev–Trinajstić information content (AvgIpc) is 2.67. The van der Waals surface area contributed by atoms with Crippen molar-refractivity contribution in [3.05, 3.63) is 0 Å². The molecule has 0 aromatic heterocycles. The van der Waals surface area contributed by atoms with Gasteiger partial charge in [-0.15, -0.1) is 0 Å². The summed E-state index contributed by atoms with van der Waals surface area (Å²) in [5, 5.41) is 0.117. The van der Waals surface area contributed by atoms with Crippen LogP contribution in [-0.2, 0) is 33.2 Å².